The number of nitrogens with zero attached hydrogens (tertiary/aromatic N) is 1. The van der Waals surface area contributed by atoms with Crippen LogP contribution in [0, 0.1) is 0 Å². The summed E-state index contributed by atoms with van der Waals surface area (Å²) in [5.41, 5.74) is 2.07. The van der Waals surface area contributed by atoms with Crippen molar-refractivity contribution in [3.05, 3.63) is 52.3 Å². The molecule has 78 valence electrons. The molecule has 0 aliphatic rings. The lowest BCUT2D eigenvalue weighted by Gasteiger charge is -1.88. The molecule has 16 heavy (non-hydrogen) atoms. The van der Waals surface area contributed by atoms with Crippen LogP contribution >= 0.6 is 11.3 Å². The van der Waals surface area contributed by atoms with Gasteiger partial charge >= 0.3 is 0 Å². The van der Waals surface area contributed by atoms with Gasteiger partial charge in [-0.3, -0.25) is 5.10 Å². The maximum atomic E-state index is 4.29. The highest BCUT2D eigenvalue weighted by molar-refractivity contribution is 7.10. The van der Waals surface area contributed by atoms with Gasteiger partial charge < -0.3 is 0 Å². The van der Waals surface area contributed by atoms with Gasteiger partial charge in [0.2, 0.25) is 0 Å². The number of hydrogen-bond donors (Lipinski definition) is 1. The molecule has 0 radical (unpaired) electrons. The Morgan fingerprint density at radius 1 is 1.06 bits per heavy atom. The third-order valence-electron chi connectivity index (χ3n) is 2.45. The Balaban J connectivity index is 2.01. The van der Waals surface area contributed by atoms with E-state index in [0.717, 1.165) is 16.6 Å². The van der Waals surface area contributed by atoms with E-state index in [1.165, 1.54) is 4.88 Å². The first kappa shape index (κ1) is 9.36. The SMILES string of the molecule is C(=Cc1n[nH]c2ccccc12)c1cccs1. The Morgan fingerprint density at radius 2 is 2.00 bits per heavy atom. The minimum Gasteiger partial charge on any atom is -0.277 e. The first-order valence-electron chi connectivity index (χ1n) is 5.08. The highest BCUT2D eigenvalue weighted by atomic mass is 32.1. The molecule has 0 bridgehead atoms. The van der Waals surface area contributed by atoms with Gasteiger partial charge in [-0.1, -0.05) is 24.3 Å². The molecule has 2 nitrogen and oxygen atoms in total. The zero-order valence-corrected chi connectivity index (χ0v) is 9.37. The first-order chi connectivity index (χ1) is 7.93. The molecular weight excluding hydrogens is 216 g/mol. The van der Waals surface area contributed by atoms with Crippen LogP contribution < -0.4 is 0 Å². The molecule has 3 aromatic rings. The minimum atomic E-state index is 0.990. The molecule has 3 rings (SSSR count). The lowest BCUT2D eigenvalue weighted by Crippen LogP contribution is -1.71. The number of thiophene rings is 1. The van der Waals surface area contributed by atoms with E-state index in [1.807, 2.05) is 30.3 Å². The molecule has 1 N–H and O–H groups in total. The summed E-state index contributed by atoms with van der Waals surface area (Å²) in [5, 5.41) is 10.5. The number of aromatic nitrogens is 2. The molecule has 0 amide bonds. The number of benzene rings is 1. The summed E-state index contributed by atoms with van der Waals surface area (Å²) in [5.74, 6) is 0. The monoisotopic (exact) mass is 226 g/mol. The Kier molecular flexibility index (Phi) is 2.31. The van der Waals surface area contributed by atoms with Gasteiger partial charge in [-0.2, -0.15) is 5.10 Å². The topological polar surface area (TPSA) is 28.7 Å². The second kappa shape index (κ2) is 3.94. The zero-order valence-electron chi connectivity index (χ0n) is 8.55. The number of hydrogen-bond acceptors (Lipinski definition) is 2. The van der Waals surface area contributed by atoms with Crippen LogP contribution in [0.4, 0.5) is 0 Å². The molecule has 0 aliphatic heterocycles. The van der Waals surface area contributed by atoms with Crippen LogP contribution in [-0.2, 0) is 0 Å². The average Bonchev–Trinajstić information content (AvgIpc) is 2.96. The van der Waals surface area contributed by atoms with Crippen LogP contribution in [0.3, 0.4) is 0 Å². The van der Waals surface area contributed by atoms with E-state index in [4.69, 9.17) is 0 Å². The number of para-hydroxylation sites is 1. The molecular formula is C13H10N2S. The van der Waals surface area contributed by atoms with Gasteiger partial charge in [0.05, 0.1) is 11.2 Å². The normalized spacial score (nSPS) is 11.5. The van der Waals surface area contributed by atoms with Gasteiger partial charge in [-0.05, 0) is 29.7 Å². The molecule has 0 aliphatic carbocycles. The van der Waals surface area contributed by atoms with E-state index < -0.39 is 0 Å². The van der Waals surface area contributed by atoms with E-state index >= 15 is 0 Å². The maximum absolute atomic E-state index is 4.29. The van der Waals surface area contributed by atoms with Gasteiger partial charge in [0.25, 0.3) is 0 Å². The largest absolute Gasteiger partial charge is 0.277 e. The van der Waals surface area contributed by atoms with E-state index in [2.05, 4.69) is 33.8 Å². The Bertz CT molecular complexity index is 620. The van der Waals surface area contributed by atoms with Crippen molar-refractivity contribution in [1.82, 2.24) is 10.2 Å². The number of aromatic amines is 1. The highest BCUT2D eigenvalue weighted by Crippen LogP contribution is 2.18. The molecule has 0 atom stereocenters. The van der Waals surface area contributed by atoms with E-state index in [0.29, 0.717) is 0 Å². The molecule has 2 aromatic heterocycles. The third-order valence-corrected chi connectivity index (χ3v) is 3.29. The van der Waals surface area contributed by atoms with Gasteiger partial charge in [-0.15, -0.1) is 11.3 Å². The minimum absolute atomic E-state index is 0.990. The quantitative estimate of drug-likeness (QED) is 0.707. The molecule has 1 aromatic carbocycles. The molecule has 0 saturated carbocycles. The number of fused-ring (bicyclic) bond motifs is 1. The molecule has 0 fully saturated rings. The van der Waals surface area contributed by atoms with Crippen LogP contribution in [0.25, 0.3) is 23.1 Å². The van der Waals surface area contributed by atoms with E-state index in [9.17, 15) is 0 Å². The first-order valence-corrected chi connectivity index (χ1v) is 5.96. The summed E-state index contributed by atoms with van der Waals surface area (Å²) in [7, 11) is 0. The summed E-state index contributed by atoms with van der Waals surface area (Å²) in [6, 6.07) is 12.3. The Hall–Kier alpha value is -1.87. The van der Waals surface area contributed by atoms with Crippen LogP contribution in [-0.4, -0.2) is 10.2 Å². The molecule has 0 spiro atoms. The zero-order chi connectivity index (χ0) is 10.8. The Morgan fingerprint density at radius 3 is 2.88 bits per heavy atom. The number of H-pyrrole nitrogens is 1. The van der Waals surface area contributed by atoms with Crippen molar-refractivity contribution in [1.29, 1.82) is 0 Å². The smallest absolute Gasteiger partial charge is 0.0927 e. The fourth-order valence-corrected chi connectivity index (χ4v) is 2.28. The summed E-state index contributed by atoms with van der Waals surface area (Å²) >= 11 is 1.73. The summed E-state index contributed by atoms with van der Waals surface area (Å²) in [6.07, 6.45) is 4.14. The van der Waals surface area contributed by atoms with Crippen molar-refractivity contribution in [3.63, 3.8) is 0 Å². The van der Waals surface area contributed by atoms with Crippen molar-refractivity contribution in [2.24, 2.45) is 0 Å². The van der Waals surface area contributed by atoms with Crippen LogP contribution in [0.1, 0.15) is 10.6 Å². The van der Waals surface area contributed by atoms with Crippen LogP contribution in [0.15, 0.2) is 41.8 Å². The second-order valence-electron chi connectivity index (χ2n) is 3.50. The number of rotatable bonds is 2. The predicted octanol–water partition coefficient (Wildman–Crippen LogP) is 3.79. The van der Waals surface area contributed by atoms with Gasteiger partial charge in [0.15, 0.2) is 0 Å². The predicted molar refractivity (Wildman–Crippen MR) is 69.3 cm³/mol. The van der Waals surface area contributed by atoms with Crippen molar-refractivity contribution in [2.75, 3.05) is 0 Å². The lowest BCUT2D eigenvalue weighted by atomic mass is 10.2. The van der Waals surface area contributed by atoms with Gasteiger partial charge in [0, 0.05) is 10.3 Å². The van der Waals surface area contributed by atoms with E-state index in [1.54, 1.807) is 11.3 Å². The van der Waals surface area contributed by atoms with Crippen molar-refractivity contribution >= 4 is 34.4 Å². The average molecular weight is 226 g/mol. The van der Waals surface area contributed by atoms with Crippen molar-refractivity contribution in [3.8, 4) is 0 Å². The van der Waals surface area contributed by atoms with Crippen LogP contribution in [0.2, 0.25) is 0 Å². The number of nitrogens with one attached hydrogen (secondary N) is 1. The maximum Gasteiger partial charge on any atom is 0.0927 e. The highest BCUT2D eigenvalue weighted by Gasteiger charge is 2.00. The molecule has 3 heteroatoms. The third kappa shape index (κ3) is 1.66. The molecule has 0 unspecified atom stereocenters. The van der Waals surface area contributed by atoms with Crippen molar-refractivity contribution < 1.29 is 0 Å². The fraction of sp³-hybridized carbons (Fsp3) is 0. The molecule has 0 saturated heterocycles. The Labute approximate surface area is 97.2 Å². The summed E-state index contributed by atoms with van der Waals surface area (Å²) in [4.78, 5) is 1.24. The second-order valence-corrected chi connectivity index (χ2v) is 4.48. The lowest BCUT2D eigenvalue weighted by molar-refractivity contribution is 1.11. The van der Waals surface area contributed by atoms with Gasteiger partial charge in [0.1, 0.15) is 0 Å². The summed E-state index contributed by atoms with van der Waals surface area (Å²) in [6.45, 7) is 0. The summed E-state index contributed by atoms with van der Waals surface area (Å²) < 4.78 is 0. The van der Waals surface area contributed by atoms with Gasteiger partial charge in [-0.25, -0.2) is 0 Å². The standard InChI is InChI=1S/C13H10N2S/c1-2-6-12-11(5-1)13(15-14-12)8-7-10-4-3-9-16-10/h1-9H,(H,14,15). The van der Waals surface area contributed by atoms with Crippen LogP contribution in [0.5, 0.6) is 0 Å². The fourth-order valence-electron chi connectivity index (χ4n) is 1.66. The van der Waals surface area contributed by atoms with Crippen molar-refractivity contribution in [2.45, 2.75) is 0 Å². The van der Waals surface area contributed by atoms with E-state index in [-0.39, 0.29) is 0 Å². The molecule has 2 heterocycles.